The molecule has 1 aliphatic rings. The van der Waals surface area contributed by atoms with Crippen molar-refractivity contribution >= 4 is 39.9 Å². The van der Waals surface area contributed by atoms with Crippen molar-refractivity contribution in [2.75, 3.05) is 7.11 Å². The van der Waals surface area contributed by atoms with Crippen molar-refractivity contribution in [2.45, 2.75) is 20.3 Å². The zero-order valence-corrected chi connectivity index (χ0v) is 14.6. The van der Waals surface area contributed by atoms with Gasteiger partial charge in [0.1, 0.15) is 5.70 Å². The molecule has 0 amide bonds. The van der Waals surface area contributed by atoms with E-state index in [1.807, 2.05) is 44.2 Å². The number of nitrogens with zero attached hydrogens (tertiary/aromatic N) is 3. The third kappa shape index (κ3) is 4.55. The van der Waals surface area contributed by atoms with Gasteiger partial charge in [0.05, 0.1) is 18.9 Å². The lowest BCUT2D eigenvalue weighted by Crippen LogP contribution is -2.19. The van der Waals surface area contributed by atoms with Crippen LogP contribution in [0, 0.1) is 5.92 Å². The summed E-state index contributed by atoms with van der Waals surface area (Å²) in [6.07, 6.45) is 3.79. The zero-order chi connectivity index (χ0) is 17.5. The first-order valence-corrected chi connectivity index (χ1v) is 8.36. The molecular formula is C17H19N3O3S. The van der Waals surface area contributed by atoms with Crippen LogP contribution in [-0.4, -0.2) is 34.6 Å². The van der Waals surface area contributed by atoms with E-state index in [-0.39, 0.29) is 16.7 Å². The van der Waals surface area contributed by atoms with Gasteiger partial charge in [-0.2, -0.15) is 5.10 Å². The number of carbonyl (C=O) groups excluding carboxylic acids is 2. The molecule has 7 heteroatoms. The van der Waals surface area contributed by atoms with E-state index in [0.29, 0.717) is 10.9 Å². The maximum absolute atomic E-state index is 12.2. The van der Waals surface area contributed by atoms with Crippen LogP contribution < -0.4 is 0 Å². The number of para-hydroxylation sites is 1. The summed E-state index contributed by atoms with van der Waals surface area (Å²) in [5, 5.41) is 5.85. The normalized spacial score (nSPS) is 19.5. The van der Waals surface area contributed by atoms with Crippen molar-refractivity contribution in [2.24, 2.45) is 16.0 Å². The van der Waals surface area contributed by atoms with Crippen molar-refractivity contribution in [3.05, 3.63) is 42.1 Å². The number of carbonyl (C=O) groups is 2. The Balaban J connectivity index is 2.40. The molecule has 1 fully saturated rings. The fourth-order valence-electron chi connectivity index (χ4n) is 1.74. The number of rotatable bonds is 5. The quantitative estimate of drug-likeness (QED) is 0.465. The molecule has 1 aliphatic heterocycles. The average Bonchev–Trinajstić information content (AvgIpc) is 2.88. The van der Waals surface area contributed by atoms with E-state index < -0.39 is 5.97 Å². The van der Waals surface area contributed by atoms with E-state index >= 15 is 0 Å². The summed E-state index contributed by atoms with van der Waals surface area (Å²) in [7, 11) is 1.26. The van der Waals surface area contributed by atoms with Crippen LogP contribution in [-0.2, 0) is 14.3 Å². The lowest BCUT2D eigenvalue weighted by atomic mass is 10.1. The summed E-state index contributed by atoms with van der Waals surface area (Å²) in [4.78, 5) is 28.2. The van der Waals surface area contributed by atoms with Gasteiger partial charge in [-0.05, 0) is 36.2 Å². The van der Waals surface area contributed by atoms with Gasteiger partial charge in [-0.3, -0.25) is 4.79 Å². The number of benzene rings is 1. The second-order valence-corrected chi connectivity index (χ2v) is 6.07. The minimum Gasteiger partial charge on any atom is -0.466 e. The average molecular weight is 345 g/mol. The molecule has 6 nitrogen and oxygen atoms in total. The molecule has 126 valence electrons. The Hall–Kier alpha value is -2.41. The molecule has 0 aliphatic carbocycles. The Kier molecular flexibility index (Phi) is 6.31. The molecule has 24 heavy (non-hydrogen) atoms. The Bertz CT molecular complexity index is 698. The zero-order valence-electron chi connectivity index (χ0n) is 13.8. The first kappa shape index (κ1) is 17.9. The lowest BCUT2D eigenvalue weighted by molar-refractivity contribution is -0.135. The molecule has 0 bridgehead atoms. The van der Waals surface area contributed by atoms with Crippen LogP contribution >= 0.6 is 11.8 Å². The Morgan fingerprint density at radius 2 is 2.08 bits per heavy atom. The third-order valence-electron chi connectivity index (χ3n) is 3.32. The summed E-state index contributed by atoms with van der Waals surface area (Å²) in [5.41, 5.74) is 0.844. The maximum Gasteiger partial charge on any atom is 0.332 e. The molecular weight excluding hydrogens is 326 g/mol. The van der Waals surface area contributed by atoms with E-state index in [2.05, 4.69) is 14.8 Å². The molecule has 1 saturated heterocycles. The second kappa shape index (κ2) is 8.44. The van der Waals surface area contributed by atoms with Crippen molar-refractivity contribution in [1.82, 2.24) is 5.01 Å². The minimum atomic E-state index is -0.608. The summed E-state index contributed by atoms with van der Waals surface area (Å²) >= 11 is 0.936. The predicted octanol–water partition coefficient (Wildman–Crippen LogP) is 3.34. The first-order valence-electron chi connectivity index (χ1n) is 7.55. The summed E-state index contributed by atoms with van der Waals surface area (Å²) in [5.74, 6) is -0.369. The number of hydrazone groups is 1. The summed E-state index contributed by atoms with van der Waals surface area (Å²) in [6.45, 7) is 4.07. The molecule has 1 heterocycles. The van der Waals surface area contributed by atoms with Gasteiger partial charge < -0.3 is 4.74 Å². The van der Waals surface area contributed by atoms with Gasteiger partial charge in [0.15, 0.2) is 5.17 Å². The SMILES string of the molecule is CCC(C)/C=N/N1C(=Nc2ccccc2)SC(=O)/C1=C\C(=O)OC. The van der Waals surface area contributed by atoms with Crippen molar-refractivity contribution in [3.8, 4) is 0 Å². The molecule has 0 radical (unpaired) electrons. The van der Waals surface area contributed by atoms with Crippen LogP contribution in [0.4, 0.5) is 5.69 Å². The molecule has 0 N–H and O–H groups in total. The van der Waals surface area contributed by atoms with Crippen molar-refractivity contribution < 1.29 is 14.3 Å². The minimum absolute atomic E-state index is 0.140. The molecule has 1 aromatic rings. The van der Waals surface area contributed by atoms with Gasteiger partial charge in [0.2, 0.25) is 5.12 Å². The van der Waals surface area contributed by atoms with Gasteiger partial charge >= 0.3 is 5.97 Å². The number of ether oxygens (including phenoxy) is 1. The van der Waals surface area contributed by atoms with Gasteiger partial charge in [-0.25, -0.2) is 14.8 Å². The summed E-state index contributed by atoms with van der Waals surface area (Å²) in [6, 6.07) is 9.27. The highest BCUT2D eigenvalue weighted by Gasteiger charge is 2.34. The third-order valence-corrected chi connectivity index (χ3v) is 4.16. The monoisotopic (exact) mass is 345 g/mol. The van der Waals surface area contributed by atoms with Crippen LogP contribution in [0.5, 0.6) is 0 Å². The summed E-state index contributed by atoms with van der Waals surface area (Å²) < 4.78 is 4.61. The highest BCUT2D eigenvalue weighted by Crippen LogP contribution is 2.31. The molecule has 1 unspecified atom stereocenters. The van der Waals surface area contributed by atoms with E-state index in [9.17, 15) is 9.59 Å². The van der Waals surface area contributed by atoms with Crippen LogP contribution in [0.15, 0.2) is 52.2 Å². The molecule has 2 rings (SSSR count). The van der Waals surface area contributed by atoms with Gasteiger partial charge in [-0.15, -0.1) is 0 Å². The van der Waals surface area contributed by atoms with Crippen LogP contribution in [0.1, 0.15) is 20.3 Å². The second-order valence-electron chi connectivity index (χ2n) is 5.13. The lowest BCUT2D eigenvalue weighted by Gasteiger charge is -2.13. The first-order chi connectivity index (χ1) is 11.5. The smallest absolute Gasteiger partial charge is 0.332 e. The fraction of sp³-hybridized carbons (Fsp3) is 0.294. The standard InChI is InChI=1S/C17H19N3O3S/c1-4-12(2)11-18-20-14(10-15(21)23-3)16(22)24-17(20)19-13-8-6-5-7-9-13/h5-12H,4H2,1-3H3/b14-10+,18-11+,19-17?. The fourth-order valence-corrected chi connectivity index (χ4v) is 2.54. The van der Waals surface area contributed by atoms with Crippen molar-refractivity contribution in [1.29, 1.82) is 0 Å². The molecule has 1 aromatic carbocycles. The number of thioether (sulfide) groups is 1. The van der Waals surface area contributed by atoms with E-state index in [1.165, 1.54) is 12.1 Å². The number of hydrogen-bond donors (Lipinski definition) is 0. The highest BCUT2D eigenvalue weighted by molar-refractivity contribution is 8.27. The molecule has 1 atom stereocenters. The van der Waals surface area contributed by atoms with Crippen LogP contribution in [0.3, 0.4) is 0 Å². The number of aliphatic imine (C=N–C) groups is 1. The predicted molar refractivity (Wildman–Crippen MR) is 96.0 cm³/mol. The van der Waals surface area contributed by atoms with Gasteiger partial charge in [0, 0.05) is 6.21 Å². The number of amidine groups is 1. The Morgan fingerprint density at radius 3 is 2.71 bits per heavy atom. The van der Waals surface area contributed by atoms with Gasteiger partial charge in [0.25, 0.3) is 0 Å². The Labute approximate surface area is 145 Å². The highest BCUT2D eigenvalue weighted by atomic mass is 32.2. The van der Waals surface area contributed by atoms with Crippen LogP contribution in [0.25, 0.3) is 0 Å². The van der Waals surface area contributed by atoms with E-state index in [4.69, 9.17) is 0 Å². The molecule has 0 spiro atoms. The van der Waals surface area contributed by atoms with Crippen molar-refractivity contribution in [3.63, 3.8) is 0 Å². The maximum atomic E-state index is 12.2. The number of hydrogen-bond acceptors (Lipinski definition) is 6. The van der Waals surface area contributed by atoms with E-state index in [1.54, 1.807) is 6.21 Å². The number of esters is 1. The van der Waals surface area contributed by atoms with E-state index in [0.717, 1.165) is 24.3 Å². The van der Waals surface area contributed by atoms with Crippen LogP contribution in [0.2, 0.25) is 0 Å². The molecule has 0 aromatic heterocycles. The Morgan fingerprint density at radius 1 is 1.38 bits per heavy atom. The number of methoxy groups -OCH3 is 1. The largest absolute Gasteiger partial charge is 0.466 e. The molecule has 0 saturated carbocycles. The topological polar surface area (TPSA) is 71.3 Å². The van der Waals surface area contributed by atoms with Gasteiger partial charge in [-0.1, -0.05) is 32.0 Å².